The molecule has 0 atom stereocenters. The molecule has 0 aromatic carbocycles. The highest BCUT2D eigenvalue weighted by Gasteiger charge is 2.24. The monoisotopic (exact) mass is 249 g/mol. The van der Waals surface area contributed by atoms with Gasteiger partial charge in [-0.15, -0.1) is 0 Å². The van der Waals surface area contributed by atoms with Crippen molar-refractivity contribution in [1.82, 2.24) is 9.97 Å². The zero-order chi connectivity index (χ0) is 13.1. The summed E-state index contributed by atoms with van der Waals surface area (Å²) in [5.41, 5.74) is 0.713. The van der Waals surface area contributed by atoms with Crippen LogP contribution in [0.15, 0.2) is 6.20 Å². The van der Waals surface area contributed by atoms with Gasteiger partial charge in [0, 0.05) is 18.8 Å². The number of carboxylic acids is 1. The topological polar surface area (TPSA) is 66.3 Å². The molecule has 1 heterocycles. The highest BCUT2D eigenvalue weighted by Crippen LogP contribution is 2.26. The van der Waals surface area contributed by atoms with Crippen LogP contribution in [0.4, 0.5) is 5.95 Å². The lowest BCUT2D eigenvalue weighted by Gasteiger charge is -2.27. The van der Waals surface area contributed by atoms with E-state index in [0.29, 0.717) is 17.7 Å². The van der Waals surface area contributed by atoms with Gasteiger partial charge in [0.1, 0.15) is 0 Å². The number of carbonyl (C=O) groups is 1. The van der Waals surface area contributed by atoms with Gasteiger partial charge in [-0.25, -0.2) is 14.8 Å². The molecule has 0 aliphatic heterocycles. The first kappa shape index (κ1) is 12.8. The van der Waals surface area contributed by atoms with E-state index in [0.717, 1.165) is 6.54 Å². The van der Waals surface area contributed by atoms with E-state index in [9.17, 15) is 4.79 Å². The first-order valence-corrected chi connectivity index (χ1v) is 6.47. The van der Waals surface area contributed by atoms with E-state index < -0.39 is 5.97 Å². The van der Waals surface area contributed by atoms with Gasteiger partial charge < -0.3 is 10.0 Å². The minimum Gasteiger partial charge on any atom is -0.478 e. The van der Waals surface area contributed by atoms with Crippen LogP contribution in [0.1, 0.15) is 48.7 Å². The fourth-order valence-electron chi connectivity index (χ4n) is 2.58. The molecule has 5 nitrogen and oxygen atoms in total. The van der Waals surface area contributed by atoms with Crippen molar-refractivity contribution < 1.29 is 9.90 Å². The van der Waals surface area contributed by atoms with E-state index in [1.165, 1.54) is 31.9 Å². The normalized spacial score (nSPS) is 15.9. The highest BCUT2D eigenvalue weighted by molar-refractivity contribution is 5.88. The molecular weight excluding hydrogens is 230 g/mol. The lowest BCUT2D eigenvalue weighted by molar-refractivity contribution is 0.0695. The molecule has 18 heavy (non-hydrogen) atoms. The standard InChI is InChI=1S/C13H19N3O2/c1-3-16(10-6-4-5-7-10)13-14-8-11(12(17)18)9(2)15-13/h8,10H,3-7H2,1-2H3,(H,17,18). The molecule has 0 unspecified atom stereocenters. The predicted octanol–water partition coefficient (Wildman–Crippen LogP) is 2.25. The van der Waals surface area contributed by atoms with Crippen LogP contribution in [-0.2, 0) is 0 Å². The number of carboxylic acid groups (broad SMARTS) is 1. The van der Waals surface area contributed by atoms with Crippen LogP contribution >= 0.6 is 0 Å². The maximum atomic E-state index is 10.9. The van der Waals surface area contributed by atoms with Gasteiger partial charge in [0.25, 0.3) is 0 Å². The Morgan fingerprint density at radius 3 is 2.67 bits per heavy atom. The maximum Gasteiger partial charge on any atom is 0.339 e. The van der Waals surface area contributed by atoms with Gasteiger partial charge in [0.15, 0.2) is 0 Å². The summed E-state index contributed by atoms with van der Waals surface area (Å²) in [4.78, 5) is 21.7. The highest BCUT2D eigenvalue weighted by atomic mass is 16.4. The van der Waals surface area contributed by atoms with Crippen LogP contribution in [0.3, 0.4) is 0 Å². The molecule has 1 saturated carbocycles. The third kappa shape index (κ3) is 2.44. The average Bonchev–Trinajstić information content (AvgIpc) is 2.83. The molecule has 1 aromatic heterocycles. The molecule has 1 aromatic rings. The van der Waals surface area contributed by atoms with Gasteiger partial charge in [0.2, 0.25) is 5.95 Å². The number of aryl methyl sites for hydroxylation is 1. The number of hydrogen-bond donors (Lipinski definition) is 1. The number of hydrogen-bond acceptors (Lipinski definition) is 4. The summed E-state index contributed by atoms with van der Waals surface area (Å²) < 4.78 is 0. The van der Waals surface area contributed by atoms with Crippen LogP contribution in [0.2, 0.25) is 0 Å². The number of aromatic carboxylic acids is 1. The zero-order valence-electron chi connectivity index (χ0n) is 10.9. The predicted molar refractivity (Wildman–Crippen MR) is 69.0 cm³/mol. The molecule has 0 saturated heterocycles. The Morgan fingerprint density at radius 2 is 2.17 bits per heavy atom. The second kappa shape index (κ2) is 5.33. The number of anilines is 1. The van der Waals surface area contributed by atoms with E-state index in [2.05, 4.69) is 21.8 Å². The van der Waals surface area contributed by atoms with Crippen molar-refractivity contribution >= 4 is 11.9 Å². The molecule has 98 valence electrons. The summed E-state index contributed by atoms with van der Waals surface area (Å²) in [6, 6.07) is 0.505. The SMILES string of the molecule is CCN(c1ncc(C(=O)O)c(C)n1)C1CCCC1. The van der Waals surface area contributed by atoms with Gasteiger partial charge in [-0.2, -0.15) is 0 Å². The molecule has 1 aliphatic rings. The smallest absolute Gasteiger partial charge is 0.339 e. The molecule has 0 bridgehead atoms. The van der Waals surface area contributed by atoms with Crippen molar-refractivity contribution in [2.75, 3.05) is 11.4 Å². The van der Waals surface area contributed by atoms with Crippen LogP contribution in [0.5, 0.6) is 0 Å². The summed E-state index contributed by atoms with van der Waals surface area (Å²) in [5.74, 6) is -0.310. The average molecular weight is 249 g/mol. The van der Waals surface area contributed by atoms with Gasteiger partial charge in [0.05, 0.1) is 11.3 Å². The van der Waals surface area contributed by atoms with Crippen molar-refractivity contribution in [3.8, 4) is 0 Å². The summed E-state index contributed by atoms with van der Waals surface area (Å²) >= 11 is 0. The van der Waals surface area contributed by atoms with Crippen LogP contribution < -0.4 is 4.90 Å². The van der Waals surface area contributed by atoms with Gasteiger partial charge in [-0.05, 0) is 26.7 Å². The van der Waals surface area contributed by atoms with Crippen molar-refractivity contribution in [2.45, 2.75) is 45.6 Å². The molecule has 1 aliphatic carbocycles. The lowest BCUT2D eigenvalue weighted by atomic mass is 10.2. The molecule has 0 radical (unpaired) electrons. The number of rotatable bonds is 4. The molecule has 0 amide bonds. The largest absolute Gasteiger partial charge is 0.478 e. The van der Waals surface area contributed by atoms with Crippen molar-refractivity contribution in [2.24, 2.45) is 0 Å². The summed E-state index contributed by atoms with van der Waals surface area (Å²) in [6.07, 6.45) is 6.28. The lowest BCUT2D eigenvalue weighted by Crippen LogP contribution is -2.34. The van der Waals surface area contributed by atoms with Crippen molar-refractivity contribution in [3.05, 3.63) is 17.5 Å². The first-order chi connectivity index (χ1) is 8.63. The molecular formula is C13H19N3O2. The van der Waals surface area contributed by atoms with E-state index in [-0.39, 0.29) is 5.56 Å². The maximum absolute atomic E-state index is 10.9. The minimum absolute atomic E-state index is 0.182. The van der Waals surface area contributed by atoms with E-state index in [1.807, 2.05) is 0 Å². The van der Waals surface area contributed by atoms with Gasteiger partial charge in [-0.1, -0.05) is 12.8 Å². The van der Waals surface area contributed by atoms with Gasteiger partial charge in [-0.3, -0.25) is 0 Å². The molecule has 1 fully saturated rings. The van der Waals surface area contributed by atoms with Gasteiger partial charge >= 0.3 is 5.97 Å². The van der Waals surface area contributed by atoms with E-state index in [1.54, 1.807) is 6.92 Å². The van der Waals surface area contributed by atoms with Crippen molar-refractivity contribution in [3.63, 3.8) is 0 Å². The Morgan fingerprint density at radius 1 is 1.50 bits per heavy atom. The summed E-state index contributed by atoms with van der Waals surface area (Å²) in [7, 11) is 0. The Labute approximate surface area is 107 Å². The Kier molecular flexibility index (Phi) is 3.79. The fourth-order valence-corrected chi connectivity index (χ4v) is 2.58. The Balaban J connectivity index is 2.26. The van der Waals surface area contributed by atoms with Crippen LogP contribution in [-0.4, -0.2) is 33.6 Å². The fraction of sp³-hybridized carbons (Fsp3) is 0.615. The quantitative estimate of drug-likeness (QED) is 0.886. The minimum atomic E-state index is -0.969. The molecule has 2 rings (SSSR count). The van der Waals surface area contributed by atoms with Crippen molar-refractivity contribution in [1.29, 1.82) is 0 Å². The molecule has 1 N–H and O–H groups in total. The second-order valence-corrected chi connectivity index (χ2v) is 4.70. The summed E-state index contributed by atoms with van der Waals surface area (Å²) in [6.45, 7) is 4.66. The Hall–Kier alpha value is -1.65. The van der Waals surface area contributed by atoms with Crippen LogP contribution in [0.25, 0.3) is 0 Å². The summed E-state index contributed by atoms with van der Waals surface area (Å²) in [5, 5.41) is 8.97. The first-order valence-electron chi connectivity index (χ1n) is 6.47. The molecule has 5 heteroatoms. The van der Waals surface area contributed by atoms with Crippen LogP contribution in [0, 0.1) is 6.92 Å². The molecule has 0 spiro atoms. The second-order valence-electron chi connectivity index (χ2n) is 4.70. The van der Waals surface area contributed by atoms with E-state index >= 15 is 0 Å². The number of aromatic nitrogens is 2. The number of nitrogens with zero attached hydrogens (tertiary/aromatic N) is 3. The van der Waals surface area contributed by atoms with E-state index in [4.69, 9.17) is 5.11 Å². The third-order valence-electron chi connectivity index (χ3n) is 3.56. The zero-order valence-corrected chi connectivity index (χ0v) is 10.9. The Bertz CT molecular complexity index is 442. The third-order valence-corrected chi connectivity index (χ3v) is 3.56.